The highest BCUT2D eigenvalue weighted by Crippen LogP contribution is 2.25. The van der Waals surface area contributed by atoms with Gasteiger partial charge in [0.15, 0.2) is 0 Å². The van der Waals surface area contributed by atoms with Gasteiger partial charge in [-0.2, -0.15) is 0 Å². The topological polar surface area (TPSA) is 29.1 Å². The maximum Gasteiger partial charge on any atom is 0.252 e. The van der Waals surface area contributed by atoms with E-state index in [2.05, 4.69) is 66.3 Å². The van der Waals surface area contributed by atoms with E-state index in [0.717, 1.165) is 18.4 Å². The van der Waals surface area contributed by atoms with Gasteiger partial charge in [0.05, 0.1) is 11.6 Å². The monoisotopic (exact) mass is 391 g/mol. The minimum atomic E-state index is -0.370. The Bertz CT molecular complexity index is 697. The van der Waals surface area contributed by atoms with Crippen molar-refractivity contribution >= 4 is 21.8 Å². The second kappa shape index (κ2) is 8.43. The van der Waals surface area contributed by atoms with Crippen LogP contribution >= 0.6 is 15.9 Å². The first-order valence-corrected chi connectivity index (χ1v) is 9.06. The van der Waals surface area contributed by atoms with Gasteiger partial charge >= 0.3 is 0 Å². The number of hydrogen-bond acceptors (Lipinski definition) is 1. The van der Waals surface area contributed by atoms with Crippen LogP contribution in [0, 0.1) is 11.7 Å². The van der Waals surface area contributed by atoms with Gasteiger partial charge in [-0.15, -0.1) is 0 Å². The summed E-state index contributed by atoms with van der Waals surface area (Å²) in [5.41, 5.74) is 2.82. The highest BCUT2D eigenvalue weighted by atomic mass is 79.9. The molecule has 0 aliphatic carbocycles. The summed E-state index contributed by atoms with van der Waals surface area (Å²) >= 11 is 3.26. The Hall–Kier alpha value is -1.68. The van der Waals surface area contributed by atoms with Crippen molar-refractivity contribution in [1.82, 2.24) is 5.32 Å². The van der Waals surface area contributed by atoms with Crippen LogP contribution in [0.4, 0.5) is 4.39 Å². The molecule has 1 unspecified atom stereocenters. The quantitative estimate of drug-likeness (QED) is 0.675. The molecule has 1 amide bonds. The van der Waals surface area contributed by atoms with Crippen LogP contribution in [0.2, 0.25) is 0 Å². The number of aryl methyl sites for hydroxylation is 1. The van der Waals surface area contributed by atoms with Gasteiger partial charge in [0.1, 0.15) is 5.82 Å². The third kappa shape index (κ3) is 4.67. The molecule has 2 aromatic carbocycles. The van der Waals surface area contributed by atoms with Gasteiger partial charge in [-0.3, -0.25) is 4.79 Å². The van der Waals surface area contributed by atoms with Gasteiger partial charge in [-0.05, 0) is 57.6 Å². The zero-order valence-electron chi connectivity index (χ0n) is 14.3. The molecule has 0 aliphatic rings. The Kier molecular flexibility index (Phi) is 6.55. The molecule has 0 radical (unpaired) electrons. The summed E-state index contributed by atoms with van der Waals surface area (Å²) in [5.74, 6) is -0.339. The second-order valence-corrected chi connectivity index (χ2v) is 7.17. The van der Waals surface area contributed by atoms with Crippen molar-refractivity contribution in [3.63, 3.8) is 0 Å². The molecule has 0 fully saturated rings. The van der Waals surface area contributed by atoms with Crippen LogP contribution in [-0.4, -0.2) is 5.91 Å². The average Bonchev–Trinajstić information content (AvgIpc) is 2.53. The smallest absolute Gasteiger partial charge is 0.252 e. The normalized spacial score (nSPS) is 12.2. The Morgan fingerprint density at radius 3 is 2.38 bits per heavy atom. The lowest BCUT2D eigenvalue weighted by atomic mass is 9.94. The highest BCUT2D eigenvalue weighted by molar-refractivity contribution is 9.10. The standard InChI is InChI=1S/C20H23BrFNO/c1-4-5-14-6-8-15(9-7-14)19(13(2)3)23-20(24)17-11-10-16(22)12-18(17)21/h6-13,19H,4-5H2,1-3H3,(H,23,24). The first-order chi connectivity index (χ1) is 11.4. The van der Waals surface area contributed by atoms with Crippen molar-refractivity contribution in [2.75, 3.05) is 0 Å². The summed E-state index contributed by atoms with van der Waals surface area (Å²) < 4.78 is 13.7. The van der Waals surface area contributed by atoms with Crippen molar-refractivity contribution in [3.8, 4) is 0 Å². The molecular weight excluding hydrogens is 369 g/mol. The summed E-state index contributed by atoms with van der Waals surface area (Å²) in [5, 5.41) is 3.07. The zero-order chi connectivity index (χ0) is 17.7. The van der Waals surface area contributed by atoms with Crippen molar-refractivity contribution in [1.29, 1.82) is 0 Å². The van der Waals surface area contributed by atoms with Crippen LogP contribution in [0.1, 0.15) is 54.7 Å². The van der Waals surface area contributed by atoms with E-state index in [1.165, 1.54) is 23.8 Å². The first-order valence-electron chi connectivity index (χ1n) is 8.27. The lowest BCUT2D eigenvalue weighted by Crippen LogP contribution is -2.32. The number of benzene rings is 2. The fourth-order valence-electron chi connectivity index (χ4n) is 2.71. The van der Waals surface area contributed by atoms with Crippen LogP contribution in [0.3, 0.4) is 0 Å². The Labute approximate surface area is 151 Å². The van der Waals surface area contributed by atoms with E-state index < -0.39 is 0 Å². The number of hydrogen-bond donors (Lipinski definition) is 1. The number of carbonyl (C=O) groups is 1. The molecule has 0 spiro atoms. The van der Waals surface area contributed by atoms with E-state index in [9.17, 15) is 9.18 Å². The summed E-state index contributed by atoms with van der Waals surface area (Å²) in [4.78, 5) is 12.6. The van der Waals surface area contributed by atoms with Crippen LogP contribution in [-0.2, 0) is 6.42 Å². The molecule has 0 aromatic heterocycles. The van der Waals surface area contributed by atoms with E-state index in [4.69, 9.17) is 0 Å². The predicted octanol–water partition coefficient (Wildman–Crippen LogP) is 5.67. The maximum absolute atomic E-state index is 13.2. The molecule has 2 aromatic rings. The van der Waals surface area contributed by atoms with Gasteiger partial charge in [-0.25, -0.2) is 4.39 Å². The van der Waals surface area contributed by atoms with E-state index in [1.807, 2.05) is 0 Å². The molecule has 1 N–H and O–H groups in total. The van der Waals surface area contributed by atoms with E-state index >= 15 is 0 Å². The van der Waals surface area contributed by atoms with Crippen LogP contribution < -0.4 is 5.32 Å². The average molecular weight is 392 g/mol. The Morgan fingerprint density at radius 2 is 1.83 bits per heavy atom. The van der Waals surface area contributed by atoms with Gasteiger partial charge in [0.25, 0.3) is 5.91 Å². The van der Waals surface area contributed by atoms with Crippen molar-refractivity contribution in [2.45, 2.75) is 39.7 Å². The van der Waals surface area contributed by atoms with Gasteiger partial charge in [0.2, 0.25) is 0 Å². The number of carbonyl (C=O) groups excluding carboxylic acids is 1. The predicted molar refractivity (Wildman–Crippen MR) is 99.6 cm³/mol. The number of amides is 1. The molecule has 0 heterocycles. The summed E-state index contributed by atoms with van der Waals surface area (Å²) in [6, 6.07) is 12.4. The Morgan fingerprint density at radius 1 is 1.17 bits per heavy atom. The molecule has 1 atom stereocenters. The third-order valence-corrected chi connectivity index (χ3v) is 4.66. The van der Waals surface area contributed by atoms with Crippen molar-refractivity contribution in [2.24, 2.45) is 5.92 Å². The molecular formula is C20H23BrFNO. The van der Waals surface area contributed by atoms with Gasteiger partial charge in [-0.1, -0.05) is 51.5 Å². The largest absolute Gasteiger partial charge is 0.345 e. The van der Waals surface area contributed by atoms with E-state index in [1.54, 1.807) is 0 Å². The molecule has 0 saturated carbocycles. The number of rotatable bonds is 6. The minimum absolute atomic E-state index is 0.0925. The second-order valence-electron chi connectivity index (χ2n) is 6.31. The first kappa shape index (κ1) is 18.7. The lowest BCUT2D eigenvalue weighted by Gasteiger charge is -2.23. The van der Waals surface area contributed by atoms with Gasteiger partial charge in [0, 0.05) is 4.47 Å². The van der Waals surface area contributed by atoms with Crippen LogP contribution in [0.5, 0.6) is 0 Å². The minimum Gasteiger partial charge on any atom is -0.345 e. The zero-order valence-corrected chi connectivity index (χ0v) is 15.9. The molecule has 24 heavy (non-hydrogen) atoms. The fourth-order valence-corrected chi connectivity index (χ4v) is 3.24. The Balaban J connectivity index is 2.20. The fraction of sp³-hybridized carbons (Fsp3) is 0.350. The molecule has 2 rings (SSSR count). The van der Waals surface area contributed by atoms with E-state index in [0.29, 0.717) is 10.0 Å². The summed E-state index contributed by atoms with van der Waals surface area (Å²) in [7, 11) is 0. The molecule has 0 aliphatic heterocycles. The number of nitrogens with one attached hydrogen (secondary N) is 1. The van der Waals surface area contributed by atoms with E-state index in [-0.39, 0.29) is 23.7 Å². The van der Waals surface area contributed by atoms with Crippen molar-refractivity contribution in [3.05, 3.63) is 69.4 Å². The SMILES string of the molecule is CCCc1ccc(C(NC(=O)c2ccc(F)cc2Br)C(C)C)cc1. The van der Waals surface area contributed by atoms with Crippen molar-refractivity contribution < 1.29 is 9.18 Å². The van der Waals surface area contributed by atoms with Gasteiger partial charge < -0.3 is 5.32 Å². The summed E-state index contributed by atoms with van der Waals surface area (Å²) in [6.07, 6.45) is 2.17. The van der Waals surface area contributed by atoms with Crippen LogP contribution in [0.15, 0.2) is 46.9 Å². The molecule has 0 bridgehead atoms. The third-order valence-electron chi connectivity index (χ3n) is 4.01. The molecule has 128 valence electrons. The highest BCUT2D eigenvalue weighted by Gasteiger charge is 2.20. The number of halogens is 2. The molecule has 2 nitrogen and oxygen atoms in total. The molecule has 0 saturated heterocycles. The lowest BCUT2D eigenvalue weighted by molar-refractivity contribution is 0.0925. The summed E-state index contributed by atoms with van der Waals surface area (Å²) in [6.45, 7) is 6.31. The molecule has 4 heteroatoms. The van der Waals surface area contributed by atoms with Crippen LogP contribution in [0.25, 0.3) is 0 Å². The maximum atomic E-state index is 13.2.